The van der Waals surface area contributed by atoms with Crippen molar-refractivity contribution in [3.05, 3.63) is 0 Å². The van der Waals surface area contributed by atoms with E-state index in [1.165, 1.54) is 0 Å². The van der Waals surface area contributed by atoms with Crippen molar-refractivity contribution in [1.82, 2.24) is 0 Å². The zero-order valence-corrected chi connectivity index (χ0v) is 16.2. The first-order chi connectivity index (χ1) is 12.6. The molecule has 0 N–H and O–H groups in total. The summed E-state index contributed by atoms with van der Waals surface area (Å²) >= 11 is 0. The van der Waals surface area contributed by atoms with Crippen molar-refractivity contribution < 1.29 is 37.9 Å². The summed E-state index contributed by atoms with van der Waals surface area (Å²) in [7, 11) is 0. The largest absolute Gasteiger partial charge is 0.377 e. The Morgan fingerprint density at radius 3 is 0.962 bits per heavy atom. The Balaban J connectivity index is 1.17. The fourth-order valence-corrected chi connectivity index (χ4v) is 1.99. The van der Waals surface area contributed by atoms with Crippen LogP contribution in [0.4, 0.5) is 0 Å². The molecule has 2 aliphatic heterocycles. The molecule has 0 aliphatic carbocycles. The average molecular weight is 378 g/mol. The van der Waals surface area contributed by atoms with E-state index in [9.17, 15) is 0 Å². The van der Waals surface area contributed by atoms with Crippen LogP contribution in [-0.2, 0) is 37.9 Å². The van der Waals surface area contributed by atoms with Crippen molar-refractivity contribution in [2.24, 2.45) is 0 Å². The topological polar surface area (TPSA) is 80.4 Å². The molecular weight excluding hydrogens is 344 g/mol. The molecule has 0 saturated carbocycles. The molecule has 154 valence electrons. The first-order valence-electron chi connectivity index (χ1n) is 9.36. The Kier molecular flexibility index (Phi) is 10.3. The molecule has 2 fully saturated rings. The second kappa shape index (κ2) is 12.2. The van der Waals surface area contributed by atoms with Crippen LogP contribution < -0.4 is 0 Å². The molecule has 0 aromatic heterocycles. The van der Waals surface area contributed by atoms with E-state index in [1.54, 1.807) is 0 Å². The van der Waals surface area contributed by atoms with Crippen LogP contribution in [0, 0.1) is 0 Å². The SMILES string of the molecule is CC1(COCCOCCOCCOCCOCCOCC2(C)CO2)CO1. The van der Waals surface area contributed by atoms with Crippen LogP contribution in [0.2, 0.25) is 0 Å². The third-order valence-corrected chi connectivity index (χ3v) is 3.95. The summed E-state index contributed by atoms with van der Waals surface area (Å²) in [4.78, 5) is 0. The molecule has 8 heteroatoms. The number of hydrogen-bond acceptors (Lipinski definition) is 8. The monoisotopic (exact) mass is 378 g/mol. The van der Waals surface area contributed by atoms with Gasteiger partial charge >= 0.3 is 0 Å². The van der Waals surface area contributed by atoms with E-state index >= 15 is 0 Å². The maximum absolute atomic E-state index is 5.46. The molecule has 0 spiro atoms. The van der Waals surface area contributed by atoms with Gasteiger partial charge in [-0.05, 0) is 13.8 Å². The molecule has 0 radical (unpaired) electrons. The third-order valence-electron chi connectivity index (χ3n) is 3.95. The molecule has 2 atom stereocenters. The standard InChI is InChI=1S/C18H34O8/c1-17(15-25-17)13-23-11-9-21-7-5-19-3-4-20-6-8-22-10-12-24-14-18(2)16-26-18/h3-16H2,1-2H3. The van der Waals surface area contributed by atoms with Gasteiger partial charge in [0.2, 0.25) is 0 Å². The van der Waals surface area contributed by atoms with Crippen molar-refractivity contribution in [2.75, 3.05) is 92.5 Å². The van der Waals surface area contributed by atoms with Crippen LogP contribution in [0.5, 0.6) is 0 Å². The zero-order valence-electron chi connectivity index (χ0n) is 16.2. The van der Waals surface area contributed by atoms with Gasteiger partial charge in [0.25, 0.3) is 0 Å². The van der Waals surface area contributed by atoms with Crippen LogP contribution in [0.25, 0.3) is 0 Å². The lowest BCUT2D eigenvalue weighted by molar-refractivity contribution is -0.0208. The van der Waals surface area contributed by atoms with Gasteiger partial charge in [0.15, 0.2) is 0 Å². The van der Waals surface area contributed by atoms with Gasteiger partial charge in [-0.15, -0.1) is 0 Å². The molecule has 2 unspecified atom stereocenters. The van der Waals surface area contributed by atoms with Crippen LogP contribution >= 0.6 is 0 Å². The maximum atomic E-state index is 5.46. The van der Waals surface area contributed by atoms with E-state index in [1.807, 2.05) is 13.8 Å². The van der Waals surface area contributed by atoms with Gasteiger partial charge in [0.1, 0.15) is 11.2 Å². The highest BCUT2D eigenvalue weighted by Gasteiger charge is 2.39. The van der Waals surface area contributed by atoms with E-state index in [2.05, 4.69) is 0 Å². The lowest BCUT2D eigenvalue weighted by Gasteiger charge is -2.09. The molecule has 2 heterocycles. The normalized spacial score (nSPS) is 27.0. The molecule has 8 nitrogen and oxygen atoms in total. The molecule has 0 aromatic rings. The van der Waals surface area contributed by atoms with Gasteiger partial charge in [-0.1, -0.05) is 0 Å². The Morgan fingerprint density at radius 2 is 0.731 bits per heavy atom. The minimum absolute atomic E-state index is 0.0497. The highest BCUT2D eigenvalue weighted by atomic mass is 16.6. The summed E-state index contributed by atoms with van der Waals surface area (Å²) < 4.78 is 43.0. The molecule has 0 amide bonds. The molecule has 2 aliphatic rings. The Labute approximate surface area is 156 Å². The number of epoxide rings is 2. The van der Waals surface area contributed by atoms with Crippen molar-refractivity contribution in [3.63, 3.8) is 0 Å². The summed E-state index contributed by atoms with van der Waals surface area (Å²) in [5.41, 5.74) is -0.0994. The minimum atomic E-state index is -0.0497. The lowest BCUT2D eigenvalue weighted by Crippen LogP contribution is -2.18. The average Bonchev–Trinajstić information content (AvgIpc) is 3.54. The van der Waals surface area contributed by atoms with E-state index in [4.69, 9.17) is 37.9 Å². The summed E-state index contributed by atoms with van der Waals surface area (Å²) in [6, 6.07) is 0. The predicted octanol–water partition coefficient (Wildman–Crippen LogP) is 0.664. The van der Waals surface area contributed by atoms with Crippen LogP contribution in [-0.4, -0.2) is 104 Å². The maximum Gasteiger partial charge on any atom is 0.112 e. The second-order valence-corrected chi connectivity index (χ2v) is 7.03. The smallest absolute Gasteiger partial charge is 0.112 e. The zero-order chi connectivity index (χ0) is 18.6. The summed E-state index contributed by atoms with van der Waals surface area (Å²) in [5, 5.41) is 0. The summed E-state index contributed by atoms with van der Waals surface area (Å²) in [6.07, 6.45) is 0. The van der Waals surface area contributed by atoms with Crippen molar-refractivity contribution in [2.45, 2.75) is 25.0 Å². The van der Waals surface area contributed by atoms with Gasteiger partial charge in [-0.3, -0.25) is 0 Å². The molecule has 0 aromatic carbocycles. The van der Waals surface area contributed by atoms with E-state index in [0.29, 0.717) is 79.3 Å². The van der Waals surface area contributed by atoms with E-state index < -0.39 is 0 Å². The van der Waals surface area contributed by atoms with Gasteiger partial charge in [0.05, 0.1) is 92.5 Å². The lowest BCUT2D eigenvalue weighted by atomic mass is 10.2. The molecule has 2 saturated heterocycles. The first-order valence-corrected chi connectivity index (χ1v) is 9.36. The number of ether oxygens (including phenoxy) is 8. The van der Waals surface area contributed by atoms with Crippen LogP contribution in [0.15, 0.2) is 0 Å². The highest BCUT2D eigenvalue weighted by molar-refractivity contribution is 4.86. The van der Waals surface area contributed by atoms with E-state index in [-0.39, 0.29) is 11.2 Å². The van der Waals surface area contributed by atoms with Gasteiger partial charge in [-0.2, -0.15) is 0 Å². The van der Waals surface area contributed by atoms with Gasteiger partial charge in [0, 0.05) is 0 Å². The Bertz CT molecular complexity index is 323. The predicted molar refractivity (Wildman–Crippen MR) is 93.6 cm³/mol. The van der Waals surface area contributed by atoms with Crippen molar-refractivity contribution >= 4 is 0 Å². The van der Waals surface area contributed by atoms with Crippen LogP contribution in [0.3, 0.4) is 0 Å². The quantitative estimate of drug-likeness (QED) is 0.240. The third kappa shape index (κ3) is 11.4. The molecule has 0 bridgehead atoms. The van der Waals surface area contributed by atoms with E-state index in [0.717, 1.165) is 13.2 Å². The molecule has 26 heavy (non-hydrogen) atoms. The summed E-state index contributed by atoms with van der Waals surface area (Å²) in [6.45, 7) is 12.6. The molecule has 2 rings (SSSR count). The second-order valence-electron chi connectivity index (χ2n) is 7.03. The van der Waals surface area contributed by atoms with Gasteiger partial charge < -0.3 is 37.9 Å². The van der Waals surface area contributed by atoms with Crippen LogP contribution in [0.1, 0.15) is 13.8 Å². The van der Waals surface area contributed by atoms with Gasteiger partial charge in [-0.25, -0.2) is 0 Å². The fraction of sp³-hybridized carbons (Fsp3) is 1.00. The Morgan fingerprint density at radius 1 is 0.500 bits per heavy atom. The van der Waals surface area contributed by atoms with Crippen molar-refractivity contribution in [3.8, 4) is 0 Å². The number of rotatable bonds is 19. The highest BCUT2D eigenvalue weighted by Crippen LogP contribution is 2.26. The first kappa shape index (κ1) is 22.0. The minimum Gasteiger partial charge on any atom is -0.377 e. The fourth-order valence-electron chi connectivity index (χ4n) is 1.99. The number of hydrogen-bond donors (Lipinski definition) is 0. The summed E-state index contributed by atoms with van der Waals surface area (Å²) in [5.74, 6) is 0. The Hall–Kier alpha value is -0.320. The molecular formula is C18H34O8. The van der Waals surface area contributed by atoms with Crippen molar-refractivity contribution in [1.29, 1.82) is 0 Å².